The average Bonchev–Trinajstić information content (AvgIpc) is 2.61. The summed E-state index contributed by atoms with van der Waals surface area (Å²) in [5.74, 6) is -0.757. The van der Waals surface area contributed by atoms with Gasteiger partial charge >= 0.3 is 5.97 Å². The molecule has 0 unspecified atom stereocenters. The van der Waals surface area contributed by atoms with Gasteiger partial charge in [-0.2, -0.15) is 0 Å². The number of Topliss-reactive ketones (excluding diaryl/α,β-unsaturated/α-hetero) is 1. The second kappa shape index (κ2) is 9.77. The molecule has 1 N–H and O–H groups in total. The molecule has 3 nitrogen and oxygen atoms in total. The first kappa shape index (κ1) is 18.9. The number of aliphatic carboxylic acids is 1. The number of carbonyl (C=O) groups excluding carboxylic acids is 1. The molecule has 0 heterocycles. The highest BCUT2D eigenvalue weighted by atomic mass is 16.4. The molecule has 0 aliphatic carbocycles. The van der Waals surface area contributed by atoms with Gasteiger partial charge in [0, 0.05) is 19.3 Å². The van der Waals surface area contributed by atoms with Gasteiger partial charge in [0.15, 0.2) is 0 Å². The van der Waals surface area contributed by atoms with Crippen LogP contribution in [0.25, 0.3) is 11.1 Å². The van der Waals surface area contributed by atoms with Gasteiger partial charge in [0.25, 0.3) is 0 Å². The zero-order chi connectivity index (χ0) is 18.1. The molecule has 0 aliphatic rings. The van der Waals surface area contributed by atoms with Crippen LogP contribution in [0.1, 0.15) is 50.2 Å². The molecule has 2 rings (SSSR count). The van der Waals surface area contributed by atoms with Crippen molar-refractivity contribution in [1.29, 1.82) is 0 Å². The molecule has 0 aromatic heterocycles. The summed E-state index contributed by atoms with van der Waals surface area (Å²) in [6.45, 7) is 2.20. The summed E-state index contributed by atoms with van der Waals surface area (Å²) in [7, 11) is 0. The largest absolute Gasteiger partial charge is 0.481 e. The van der Waals surface area contributed by atoms with Gasteiger partial charge in [0.05, 0.1) is 0 Å². The number of carboxylic acid groups (broad SMARTS) is 1. The third-order valence-electron chi connectivity index (χ3n) is 4.31. The number of aryl methyl sites for hydroxylation is 1. The lowest BCUT2D eigenvalue weighted by atomic mass is 9.99. The van der Waals surface area contributed by atoms with Gasteiger partial charge in [-0.05, 0) is 41.5 Å². The Hall–Kier alpha value is -2.42. The van der Waals surface area contributed by atoms with Crippen molar-refractivity contribution in [3.8, 4) is 11.1 Å². The third kappa shape index (κ3) is 6.54. The lowest BCUT2D eigenvalue weighted by Gasteiger charge is -2.06. The van der Waals surface area contributed by atoms with E-state index in [0.717, 1.165) is 17.5 Å². The van der Waals surface area contributed by atoms with Gasteiger partial charge in [-0.3, -0.25) is 9.59 Å². The molecule has 132 valence electrons. The van der Waals surface area contributed by atoms with Crippen molar-refractivity contribution in [2.75, 3.05) is 0 Å². The van der Waals surface area contributed by atoms with Gasteiger partial charge in [-0.1, -0.05) is 61.9 Å². The molecule has 25 heavy (non-hydrogen) atoms. The second-order valence-corrected chi connectivity index (χ2v) is 6.46. The standard InChI is InChI=1S/C22H26O3/c1-2-3-5-17-8-12-19(13-9-17)20-14-10-18(11-15-20)16-21(23)6-4-7-22(24)25/h8-15H,2-7,16H2,1H3,(H,24,25). The zero-order valence-electron chi connectivity index (χ0n) is 14.8. The van der Waals surface area contributed by atoms with Gasteiger partial charge in [0.2, 0.25) is 0 Å². The van der Waals surface area contributed by atoms with E-state index in [1.807, 2.05) is 24.3 Å². The molecule has 0 spiro atoms. The number of unbranched alkanes of at least 4 members (excludes halogenated alkanes) is 1. The number of ketones is 1. The van der Waals surface area contributed by atoms with E-state index < -0.39 is 5.97 Å². The van der Waals surface area contributed by atoms with E-state index in [4.69, 9.17) is 5.11 Å². The van der Waals surface area contributed by atoms with E-state index >= 15 is 0 Å². The molecule has 0 fully saturated rings. The van der Waals surface area contributed by atoms with Crippen LogP contribution in [0, 0.1) is 0 Å². The lowest BCUT2D eigenvalue weighted by molar-refractivity contribution is -0.137. The van der Waals surface area contributed by atoms with Crippen LogP contribution in [0.5, 0.6) is 0 Å². The highest BCUT2D eigenvalue weighted by Gasteiger charge is 2.06. The van der Waals surface area contributed by atoms with Crippen LogP contribution in [0.4, 0.5) is 0 Å². The third-order valence-corrected chi connectivity index (χ3v) is 4.31. The maximum Gasteiger partial charge on any atom is 0.303 e. The molecular formula is C22H26O3. The molecule has 2 aromatic rings. The summed E-state index contributed by atoms with van der Waals surface area (Å²) in [4.78, 5) is 22.4. The highest BCUT2D eigenvalue weighted by molar-refractivity contribution is 5.81. The molecule has 0 radical (unpaired) electrons. The summed E-state index contributed by atoms with van der Waals surface area (Å²) >= 11 is 0. The molecule has 0 atom stereocenters. The normalized spacial score (nSPS) is 10.6. The average molecular weight is 338 g/mol. The number of carbonyl (C=O) groups is 2. The van der Waals surface area contributed by atoms with Crippen molar-refractivity contribution in [1.82, 2.24) is 0 Å². The smallest absolute Gasteiger partial charge is 0.303 e. The Morgan fingerprint density at radius 2 is 1.36 bits per heavy atom. The number of rotatable bonds is 10. The monoisotopic (exact) mass is 338 g/mol. The van der Waals surface area contributed by atoms with Crippen molar-refractivity contribution < 1.29 is 14.7 Å². The van der Waals surface area contributed by atoms with E-state index in [1.165, 1.54) is 24.0 Å². The molecule has 0 saturated carbocycles. The maximum atomic E-state index is 11.9. The molecular weight excluding hydrogens is 312 g/mol. The Balaban J connectivity index is 1.90. The molecule has 3 heteroatoms. The second-order valence-electron chi connectivity index (χ2n) is 6.46. The summed E-state index contributed by atoms with van der Waals surface area (Å²) in [5, 5.41) is 8.60. The van der Waals surface area contributed by atoms with E-state index in [1.54, 1.807) is 0 Å². The first-order valence-electron chi connectivity index (χ1n) is 9.00. The molecule has 2 aromatic carbocycles. The Kier molecular flexibility index (Phi) is 7.39. The van der Waals surface area contributed by atoms with E-state index in [9.17, 15) is 9.59 Å². The van der Waals surface area contributed by atoms with Crippen molar-refractivity contribution in [3.05, 3.63) is 59.7 Å². The maximum absolute atomic E-state index is 11.9. The Bertz CT molecular complexity index is 684. The van der Waals surface area contributed by atoms with Crippen molar-refractivity contribution in [2.24, 2.45) is 0 Å². The molecule has 0 saturated heterocycles. The number of hydrogen-bond acceptors (Lipinski definition) is 2. The predicted octanol–water partition coefficient (Wildman–Crippen LogP) is 5.06. The predicted molar refractivity (Wildman–Crippen MR) is 101 cm³/mol. The molecule has 0 aliphatic heterocycles. The van der Waals surface area contributed by atoms with Gasteiger partial charge in [-0.15, -0.1) is 0 Å². The van der Waals surface area contributed by atoms with Crippen LogP contribution in [-0.4, -0.2) is 16.9 Å². The quantitative estimate of drug-likeness (QED) is 0.658. The van der Waals surface area contributed by atoms with E-state index in [-0.39, 0.29) is 12.2 Å². The summed E-state index contributed by atoms with van der Waals surface area (Å²) < 4.78 is 0. The van der Waals surface area contributed by atoms with Crippen molar-refractivity contribution >= 4 is 11.8 Å². The van der Waals surface area contributed by atoms with E-state index in [2.05, 4.69) is 31.2 Å². The van der Waals surface area contributed by atoms with Gasteiger partial charge < -0.3 is 5.11 Å². The van der Waals surface area contributed by atoms with Crippen LogP contribution >= 0.6 is 0 Å². The van der Waals surface area contributed by atoms with E-state index in [0.29, 0.717) is 19.3 Å². The van der Waals surface area contributed by atoms with Crippen molar-refractivity contribution in [2.45, 2.75) is 51.9 Å². The van der Waals surface area contributed by atoms with Crippen molar-refractivity contribution in [3.63, 3.8) is 0 Å². The SMILES string of the molecule is CCCCc1ccc(-c2ccc(CC(=O)CCCC(=O)O)cc2)cc1. The Morgan fingerprint density at radius 1 is 0.800 bits per heavy atom. The van der Waals surface area contributed by atoms with Crippen LogP contribution in [0.2, 0.25) is 0 Å². The Labute approximate surface area is 149 Å². The Morgan fingerprint density at radius 3 is 1.88 bits per heavy atom. The summed E-state index contributed by atoms with van der Waals surface area (Å²) in [6.07, 6.45) is 4.71. The first-order chi connectivity index (χ1) is 12.1. The molecule has 0 amide bonds. The fourth-order valence-corrected chi connectivity index (χ4v) is 2.81. The highest BCUT2D eigenvalue weighted by Crippen LogP contribution is 2.21. The number of hydrogen-bond donors (Lipinski definition) is 1. The van der Waals surface area contributed by atoms with Gasteiger partial charge in [0.1, 0.15) is 5.78 Å². The van der Waals surface area contributed by atoms with Crippen LogP contribution in [-0.2, 0) is 22.4 Å². The van der Waals surface area contributed by atoms with Crippen LogP contribution in [0.3, 0.4) is 0 Å². The first-order valence-corrected chi connectivity index (χ1v) is 9.00. The topological polar surface area (TPSA) is 54.4 Å². The zero-order valence-corrected chi connectivity index (χ0v) is 14.8. The minimum atomic E-state index is -0.849. The number of carboxylic acids is 1. The number of benzene rings is 2. The van der Waals surface area contributed by atoms with Crippen LogP contribution in [0.15, 0.2) is 48.5 Å². The summed E-state index contributed by atoms with van der Waals surface area (Å²) in [6, 6.07) is 16.7. The minimum absolute atomic E-state index is 0.0545. The fraction of sp³-hybridized carbons (Fsp3) is 0.364. The summed E-state index contributed by atoms with van der Waals surface area (Å²) in [5.41, 5.74) is 4.67. The lowest BCUT2D eigenvalue weighted by Crippen LogP contribution is -2.04. The fourth-order valence-electron chi connectivity index (χ4n) is 2.81. The van der Waals surface area contributed by atoms with Gasteiger partial charge in [-0.25, -0.2) is 0 Å². The molecule has 0 bridgehead atoms. The minimum Gasteiger partial charge on any atom is -0.481 e. The van der Waals surface area contributed by atoms with Crippen LogP contribution < -0.4 is 0 Å².